The number of fused-ring (bicyclic) bond motifs is 2. The van der Waals surface area contributed by atoms with Crippen molar-refractivity contribution in [1.82, 2.24) is 44.5 Å². The van der Waals surface area contributed by atoms with Gasteiger partial charge in [-0.25, -0.2) is 23.5 Å². The Labute approximate surface area is 308 Å². The predicted molar refractivity (Wildman–Crippen MR) is 186 cm³/mol. The number of likely N-dealkylation sites (tertiary alicyclic amines) is 1. The number of aromatic amines is 1. The van der Waals surface area contributed by atoms with Crippen molar-refractivity contribution in [3.05, 3.63) is 76.5 Å². The first kappa shape index (κ1) is 36.4. The summed E-state index contributed by atoms with van der Waals surface area (Å²) < 4.78 is 74.0. The summed E-state index contributed by atoms with van der Waals surface area (Å²) in [7, 11) is 0. The number of aromatic nitrogens is 7. The molecule has 2 atom stereocenters. The molecule has 0 bridgehead atoms. The van der Waals surface area contributed by atoms with Crippen LogP contribution in [0.15, 0.2) is 53.8 Å². The number of alkyl halides is 5. The number of imidazole rings is 1. The Morgan fingerprint density at radius 1 is 1.02 bits per heavy atom. The predicted octanol–water partition coefficient (Wildman–Crippen LogP) is 4.97. The van der Waals surface area contributed by atoms with Crippen LogP contribution in [0.5, 0.6) is 0 Å². The number of carbonyl (C=O) groups excluding carboxylic acids is 3. The lowest BCUT2D eigenvalue weighted by Crippen LogP contribution is -2.49. The number of benzene rings is 1. The van der Waals surface area contributed by atoms with Gasteiger partial charge in [0.05, 0.1) is 48.1 Å². The second kappa shape index (κ2) is 13.9. The number of para-hydroxylation sites is 1. The maximum absolute atomic E-state index is 16.0. The number of H-pyrrole nitrogens is 1. The van der Waals surface area contributed by atoms with Crippen LogP contribution < -0.4 is 16.3 Å². The van der Waals surface area contributed by atoms with E-state index < -0.39 is 65.4 Å². The fourth-order valence-corrected chi connectivity index (χ4v) is 8.20. The summed E-state index contributed by atoms with van der Waals surface area (Å²) in [4.78, 5) is 65.3. The van der Waals surface area contributed by atoms with E-state index in [0.29, 0.717) is 41.3 Å². The molecule has 6 heterocycles. The van der Waals surface area contributed by atoms with Gasteiger partial charge in [0.15, 0.2) is 5.69 Å². The molecule has 14 nitrogen and oxygen atoms in total. The monoisotopic (exact) mass is 766 g/mol. The minimum Gasteiger partial charge on any atom is -0.305 e. The van der Waals surface area contributed by atoms with Gasteiger partial charge in [-0.3, -0.25) is 38.8 Å². The van der Waals surface area contributed by atoms with E-state index in [0.717, 1.165) is 31.9 Å². The van der Waals surface area contributed by atoms with E-state index in [-0.39, 0.29) is 42.6 Å². The van der Waals surface area contributed by atoms with Gasteiger partial charge in [0.25, 0.3) is 11.8 Å². The number of carbonyl (C=O) groups is 3. The number of nitrogens with zero attached hydrogens (tertiary/aromatic N) is 7. The third-order valence-corrected chi connectivity index (χ3v) is 10.9. The number of hydrogen-bond acceptors (Lipinski definition) is 9. The third kappa shape index (κ3) is 7.19. The molecule has 288 valence electrons. The summed E-state index contributed by atoms with van der Waals surface area (Å²) in [6.07, 6.45) is 3.55. The molecule has 3 N–H and O–H groups in total. The number of imide groups is 1. The van der Waals surface area contributed by atoms with Crippen molar-refractivity contribution in [3.63, 3.8) is 0 Å². The van der Waals surface area contributed by atoms with Crippen LogP contribution in [0.2, 0.25) is 0 Å². The van der Waals surface area contributed by atoms with Crippen LogP contribution >= 0.6 is 0 Å². The van der Waals surface area contributed by atoms with Crippen molar-refractivity contribution in [3.8, 4) is 0 Å². The quantitative estimate of drug-likeness (QED) is 0.153. The van der Waals surface area contributed by atoms with Crippen molar-refractivity contribution in [2.75, 3.05) is 25.0 Å². The molecule has 8 rings (SSSR count). The SMILES string of the molecule is O=C1CCC(n2c(=O)[nH]c3c([C@@H]4CCN(CC5CCC(n6cc7cc(NC(=O)c8cncc(C(F)(F)F)n8)ncc7n6)CC5)CC4(F)F)cccc32)C(=O)N1. The molecule has 55 heavy (non-hydrogen) atoms. The maximum Gasteiger partial charge on any atom is 0.434 e. The van der Waals surface area contributed by atoms with Gasteiger partial charge >= 0.3 is 11.9 Å². The average molecular weight is 767 g/mol. The Kier molecular flexibility index (Phi) is 9.21. The second-order valence-electron chi connectivity index (χ2n) is 14.5. The minimum atomic E-state index is -4.75. The highest BCUT2D eigenvalue weighted by Crippen LogP contribution is 2.43. The Hall–Kier alpha value is -5.59. The van der Waals surface area contributed by atoms with Crippen molar-refractivity contribution in [2.45, 2.75) is 75.0 Å². The highest BCUT2D eigenvalue weighted by Gasteiger charge is 2.47. The van der Waals surface area contributed by atoms with Gasteiger partial charge < -0.3 is 10.3 Å². The standard InChI is InChI=1S/C36H35F5N10O4/c37-35(38)18-49(11-10-23(35)22-2-1-3-26-31(22)47-34(55)51(26)27-8-9-30(52)46-33(27)54)16-19-4-6-21(7-5-19)50-17-20-12-29(43-14-24(20)48-50)45-32(53)25-13-42-15-28(44-25)36(39,40)41/h1-3,12-15,17,19,21,23,27H,4-11,16,18H2,(H,45,53)(H,47,55)(H,46,52,54)/t19?,21?,23-,27?/m0/s1. The van der Waals surface area contributed by atoms with E-state index in [9.17, 15) is 32.3 Å². The van der Waals surface area contributed by atoms with Gasteiger partial charge in [0, 0.05) is 24.5 Å². The molecule has 4 aromatic heterocycles. The third-order valence-electron chi connectivity index (χ3n) is 10.9. The van der Waals surface area contributed by atoms with Crippen LogP contribution in [0.1, 0.15) is 84.7 Å². The van der Waals surface area contributed by atoms with Gasteiger partial charge in [0.2, 0.25) is 11.8 Å². The number of piperidine rings is 2. The lowest BCUT2D eigenvalue weighted by Gasteiger charge is -2.41. The molecule has 19 heteroatoms. The van der Waals surface area contributed by atoms with Gasteiger partial charge in [-0.2, -0.15) is 18.3 Å². The zero-order chi connectivity index (χ0) is 38.6. The molecule has 3 amide bonds. The van der Waals surface area contributed by atoms with Gasteiger partial charge in [-0.1, -0.05) is 12.1 Å². The van der Waals surface area contributed by atoms with Crippen molar-refractivity contribution < 1.29 is 36.3 Å². The zero-order valence-corrected chi connectivity index (χ0v) is 29.2. The number of halogens is 5. The van der Waals surface area contributed by atoms with Crippen LogP contribution in [0.25, 0.3) is 21.9 Å². The van der Waals surface area contributed by atoms with Crippen LogP contribution in [-0.2, 0) is 15.8 Å². The van der Waals surface area contributed by atoms with E-state index in [4.69, 9.17) is 0 Å². The van der Waals surface area contributed by atoms with E-state index >= 15 is 8.78 Å². The van der Waals surface area contributed by atoms with Gasteiger partial charge in [0.1, 0.15) is 23.1 Å². The van der Waals surface area contributed by atoms with E-state index in [1.54, 1.807) is 24.3 Å². The molecule has 1 aromatic carbocycles. The van der Waals surface area contributed by atoms with Gasteiger partial charge in [-0.05, 0) is 68.7 Å². The average Bonchev–Trinajstić information content (AvgIpc) is 3.72. The molecule has 1 unspecified atom stereocenters. The molecular weight excluding hydrogens is 731 g/mol. The molecule has 2 aliphatic heterocycles. The summed E-state index contributed by atoms with van der Waals surface area (Å²) >= 11 is 0. The lowest BCUT2D eigenvalue weighted by molar-refractivity contribution is -0.141. The summed E-state index contributed by atoms with van der Waals surface area (Å²) in [6, 6.07) is 5.55. The van der Waals surface area contributed by atoms with Gasteiger partial charge in [-0.15, -0.1) is 0 Å². The molecule has 1 aliphatic carbocycles. The smallest absolute Gasteiger partial charge is 0.305 e. The van der Waals surface area contributed by atoms with E-state index in [1.807, 2.05) is 15.8 Å². The molecule has 2 saturated heterocycles. The normalized spacial score (nSPS) is 23.6. The summed E-state index contributed by atoms with van der Waals surface area (Å²) in [5.74, 6) is -5.81. The lowest BCUT2D eigenvalue weighted by atomic mass is 9.83. The molecule has 3 aliphatic rings. The van der Waals surface area contributed by atoms with Crippen molar-refractivity contribution >= 4 is 45.5 Å². The first-order valence-electron chi connectivity index (χ1n) is 18.0. The largest absolute Gasteiger partial charge is 0.434 e. The number of anilines is 1. The molecule has 1 saturated carbocycles. The number of amides is 3. The highest BCUT2D eigenvalue weighted by molar-refractivity contribution is 6.03. The first-order chi connectivity index (χ1) is 26.2. The van der Waals surface area contributed by atoms with Crippen molar-refractivity contribution in [2.24, 2.45) is 5.92 Å². The van der Waals surface area contributed by atoms with Crippen molar-refractivity contribution in [1.29, 1.82) is 0 Å². The Bertz CT molecular complexity index is 2360. The first-order valence-corrected chi connectivity index (χ1v) is 18.0. The minimum absolute atomic E-state index is 0.0596. The highest BCUT2D eigenvalue weighted by atomic mass is 19.4. The maximum atomic E-state index is 16.0. The van der Waals surface area contributed by atoms with E-state index in [2.05, 4.69) is 35.7 Å². The Balaban J connectivity index is 0.878. The van der Waals surface area contributed by atoms with Crippen LogP contribution in [0.4, 0.5) is 27.8 Å². The fraction of sp³-hybridized carbons (Fsp3) is 0.444. The molecule has 0 radical (unpaired) electrons. The second-order valence-corrected chi connectivity index (χ2v) is 14.5. The molecule has 0 spiro atoms. The molecule has 5 aromatic rings. The van der Waals surface area contributed by atoms with Crippen LogP contribution in [0.3, 0.4) is 0 Å². The Morgan fingerprint density at radius 2 is 1.82 bits per heavy atom. The number of hydrogen-bond donors (Lipinski definition) is 3. The topological polar surface area (TPSA) is 173 Å². The Morgan fingerprint density at radius 3 is 2.56 bits per heavy atom. The number of nitrogens with one attached hydrogen (secondary N) is 3. The summed E-state index contributed by atoms with van der Waals surface area (Å²) in [6.45, 7) is 0.542. The number of pyridine rings is 1. The van der Waals surface area contributed by atoms with E-state index in [1.165, 1.54) is 10.8 Å². The molecule has 3 fully saturated rings. The molecular formula is C36H35F5N10O4. The van der Waals surface area contributed by atoms with Crippen LogP contribution in [-0.4, -0.2) is 82.5 Å². The fourth-order valence-electron chi connectivity index (χ4n) is 8.20. The number of rotatable bonds is 7. The summed E-state index contributed by atoms with van der Waals surface area (Å²) in [5.41, 5.74) is -0.857. The summed E-state index contributed by atoms with van der Waals surface area (Å²) in [5, 5.41) is 10.0. The zero-order valence-electron chi connectivity index (χ0n) is 29.2. The van der Waals surface area contributed by atoms with Crippen LogP contribution in [0, 0.1) is 5.92 Å².